The van der Waals surface area contributed by atoms with Gasteiger partial charge in [0.25, 0.3) is 25.2 Å². The van der Waals surface area contributed by atoms with Crippen molar-refractivity contribution in [2.24, 2.45) is 0 Å². The van der Waals surface area contributed by atoms with Crippen molar-refractivity contribution in [1.29, 1.82) is 0 Å². The lowest BCUT2D eigenvalue weighted by atomic mass is 10.1. The van der Waals surface area contributed by atoms with Crippen molar-refractivity contribution in [2.75, 3.05) is 23.0 Å². The Morgan fingerprint density at radius 3 is 2.41 bits per heavy atom. The van der Waals surface area contributed by atoms with Crippen LogP contribution in [0.2, 0.25) is 0 Å². The van der Waals surface area contributed by atoms with Gasteiger partial charge in [-0.25, -0.2) is 0 Å². The summed E-state index contributed by atoms with van der Waals surface area (Å²) in [5.74, 6) is -0.731. The normalized spacial score (nSPS) is 15.1. The van der Waals surface area contributed by atoms with Crippen molar-refractivity contribution in [3.05, 3.63) is 70.2 Å². The molecule has 2 heterocycles. The molecule has 39 heavy (non-hydrogen) atoms. The third kappa shape index (κ3) is 6.46. The highest BCUT2D eigenvalue weighted by Gasteiger charge is 2.29. The largest absolute Gasteiger partial charge is 0.392 e. The van der Waals surface area contributed by atoms with E-state index in [0.717, 1.165) is 47.2 Å². The predicted octanol–water partition coefficient (Wildman–Crippen LogP) is 4.30. The van der Waals surface area contributed by atoms with E-state index in [4.69, 9.17) is 0 Å². The number of thiazole rings is 1. The van der Waals surface area contributed by atoms with Crippen LogP contribution in [0.4, 0.5) is 5.69 Å². The van der Waals surface area contributed by atoms with E-state index in [1.54, 1.807) is 11.3 Å². The minimum absolute atomic E-state index is 0.132. The number of benzene rings is 3. The zero-order valence-electron chi connectivity index (χ0n) is 20.7. The lowest BCUT2D eigenvalue weighted by Gasteiger charge is -2.20. The fourth-order valence-electron chi connectivity index (χ4n) is 4.70. The van der Waals surface area contributed by atoms with Gasteiger partial charge in [0.1, 0.15) is 4.70 Å². The smallest absolute Gasteiger partial charge is 0.265 e. The summed E-state index contributed by atoms with van der Waals surface area (Å²) < 4.78 is 67.3. The summed E-state index contributed by atoms with van der Waals surface area (Å²) in [7, 11) is -8.22. The van der Waals surface area contributed by atoms with Crippen molar-refractivity contribution in [2.45, 2.75) is 30.9 Å². The summed E-state index contributed by atoms with van der Waals surface area (Å²) in [6.07, 6.45) is 2.43. The van der Waals surface area contributed by atoms with Crippen LogP contribution < -0.4 is 9.47 Å². The average molecular weight is 608 g/mol. The van der Waals surface area contributed by atoms with Crippen molar-refractivity contribution in [3.8, 4) is 0 Å². The van der Waals surface area contributed by atoms with Gasteiger partial charge in [0, 0.05) is 17.9 Å². The zero-order valence-corrected chi connectivity index (χ0v) is 24.0. The number of thioether (sulfide) groups is 1. The first-order valence-electron chi connectivity index (χ1n) is 12.2. The molecular formula is C26H27N2O7S4+. The maximum absolute atomic E-state index is 11.4. The van der Waals surface area contributed by atoms with Gasteiger partial charge in [-0.1, -0.05) is 53.4 Å². The van der Waals surface area contributed by atoms with E-state index in [2.05, 4.69) is 4.57 Å². The molecule has 0 spiro atoms. The second kappa shape index (κ2) is 11.2. The Balaban J connectivity index is 1.60. The highest BCUT2D eigenvalue weighted by Crippen LogP contribution is 2.47. The fraction of sp³-hybridized carbons (Fsp3) is 0.269. The summed E-state index contributed by atoms with van der Waals surface area (Å²) in [5, 5.41) is 13.5. The first-order chi connectivity index (χ1) is 18.5. The molecule has 0 aliphatic carbocycles. The zero-order chi connectivity index (χ0) is 27.8. The topological polar surface area (TPSA) is 136 Å². The predicted molar refractivity (Wildman–Crippen MR) is 155 cm³/mol. The number of nitrogens with zero attached hydrogens (tertiary/aromatic N) is 2. The molecule has 0 saturated carbocycles. The van der Waals surface area contributed by atoms with Crippen LogP contribution in [0.15, 0.2) is 64.5 Å². The van der Waals surface area contributed by atoms with E-state index in [0.29, 0.717) is 13.1 Å². The molecular weight excluding hydrogens is 581 g/mol. The molecule has 5 rings (SSSR count). The Morgan fingerprint density at radius 2 is 1.67 bits per heavy atom. The molecule has 0 amide bonds. The molecule has 9 nitrogen and oxygen atoms in total. The second-order valence-electron chi connectivity index (χ2n) is 9.20. The van der Waals surface area contributed by atoms with Crippen LogP contribution in [-0.2, 0) is 33.4 Å². The average Bonchev–Trinajstić information content (AvgIpc) is 3.40. The lowest BCUT2D eigenvalue weighted by molar-refractivity contribution is -0.667. The van der Waals surface area contributed by atoms with Crippen molar-refractivity contribution in [1.82, 2.24) is 0 Å². The molecule has 0 saturated heterocycles. The molecule has 0 unspecified atom stereocenters. The van der Waals surface area contributed by atoms with Crippen molar-refractivity contribution < 1.29 is 35.6 Å². The number of aliphatic hydroxyl groups excluding tert-OH is 1. The summed E-state index contributed by atoms with van der Waals surface area (Å²) >= 11 is 3.08. The summed E-state index contributed by atoms with van der Waals surface area (Å²) in [6, 6.07) is 17.7. The molecule has 4 aromatic rings. The van der Waals surface area contributed by atoms with Gasteiger partial charge >= 0.3 is 0 Å². The van der Waals surface area contributed by atoms with Crippen LogP contribution in [0.5, 0.6) is 0 Å². The van der Waals surface area contributed by atoms with Crippen molar-refractivity contribution in [3.63, 3.8) is 0 Å². The number of aromatic nitrogens is 1. The van der Waals surface area contributed by atoms with Gasteiger partial charge in [-0.3, -0.25) is 9.11 Å². The Labute approximate surface area is 234 Å². The quantitative estimate of drug-likeness (QED) is 0.178. The number of anilines is 1. The first kappa shape index (κ1) is 28.0. The molecule has 0 bridgehead atoms. The van der Waals surface area contributed by atoms with E-state index >= 15 is 0 Å². The summed E-state index contributed by atoms with van der Waals surface area (Å²) in [5.41, 5.74) is 2.54. The Kier molecular flexibility index (Phi) is 8.02. The maximum atomic E-state index is 11.4. The first-order valence-corrected chi connectivity index (χ1v) is 17.0. The number of aliphatic hydroxyl groups is 1. The van der Waals surface area contributed by atoms with Gasteiger partial charge in [-0.15, -0.1) is 0 Å². The summed E-state index contributed by atoms with van der Waals surface area (Å²) in [4.78, 5) is 2.94. The number of fused-ring (bicyclic) bond motifs is 4. The fourth-order valence-corrected chi connectivity index (χ4v) is 8.01. The van der Waals surface area contributed by atoms with E-state index < -0.39 is 20.2 Å². The van der Waals surface area contributed by atoms with Gasteiger partial charge in [0.2, 0.25) is 5.52 Å². The highest BCUT2D eigenvalue weighted by atomic mass is 32.2. The van der Waals surface area contributed by atoms with Gasteiger partial charge in [0.05, 0.1) is 40.3 Å². The van der Waals surface area contributed by atoms with E-state index in [1.165, 1.54) is 11.8 Å². The number of aryl methyl sites for hydroxylation is 1. The van der Waals surface area contributed by atoms with E-state index in [-0.39, 0.29) is 31.0 Å². The second-order valence-corrected chi connectivity index (χ2v) is 14.5. The van der Waals surface area contributed by atoms with Gasteiger partial charge < -0.3 is 10.0 Å². The highest BCUT2D eigenvalue weighted by molar-refractivity contribution is 8.04. The number of hydrogen-bond acceptors (Lipinski definition) is 8. The molecule has 1 aromatic heterocycles. The van der Waals surface area contributed by atoms with Gasteiger partial charge in [-0.05, 0) is 41.6 Å². The molecule has 1 aliphatic rings. The Morgan fingerprint density at radius 1 is 0.923 bits per heavy atom. The SMILES string of the molecule is O=S(=O)(O)CCCN1C(=Cc2sc3ccc4ccccc4c3[n+]2CCCS(=O)(=O)O)Sc2ccc(CO)cc21. The van der Waals surface area contributed by atoms with E-state index in [1.807, 2.05) is 65.6 Å². The Hall–Kier alpha value is -2.52. The van der Waals surface area contributed by atoms with Crippen LogP contribution in [0.3, 0.4) is 0 Å². The van der Waals surface area contributed by atoms with Crippen LogP contribution in [-0.4, -0.2) is 49.1 Å². The minimum atomic E-state index is -4.11. The molecule has 206 valence electrons. The lowest BCUT2D eigenvalue weighted by Crippen LogP contribution is -2.36. The van der Waals surface area contributed by atoms with Crippen molar-refractivity contribution >= 4 is 76.1 Å². The van der Waals surface area contributed by atoms with Gasteiger partial charge in [-0.2, -0.15) is 21.4 Å². The number of hydrogen-bond donors (Lipinski definition) is 3. The molecule has 0 atom stereocenters. The number of rotatable bonds is 10. The Bertz CT molecular complexity index is 1800. The molecule has 0 fully saturated rings. The van der Waals surface area contributed by atoms with E-state index in [9.17, 15) is 31.0 Å². The van der Waals surface area contributed by atoms with Crippen LogP contribution in [0, 0.1) is 0 Å². The monoisotopic (exact) mass is 607 g/mol. The van der Waals surface area contributed by atoms with Crippen LogP contribution in [0.25, 0.3) is 27.1 Å². The molecule has 3 aromatic carbocycles. The van der Waals surface area contributed by atoms with Crippen LogP contribution in [0.1, 0.15) is 23.4 Å². The summed E-state index contributed by atoms with van der Waals surface area (Å²) in [6.45, 7) is 0.562. The third-order valence-corrected chi connectivity index (χ3v) is 10.2. The third-order valence-electron chi connectivity index (χ3n) is 6.41. The van der Waals surface area contributed by atoms with Gasteiger partial charge in [0.15, 0.2) is 6.54 Å². The molecule has 13 heteroatoms. The van der Waals surface area contributed by atoms with Crippen LogP contribution >= 0.6 is 23.1 Å². The minimum Gasteiger partial charge on any atom is -0.392 e. The molecule has 0 radical (unpaired) electrons. The molecule has 1 aliphatic heterocycles. The standard InChI is InChI=1S/C26H26N2O7S4/c29-17-18-7-9-22-21(15-18)27(11-3-13-38(30,31)32)24(36-22)16-25-28(12-4-14-39(33,34)35)26-20-6-2-1-5-19(20)8-10-23(26)37-25/h1-2,5-10,15-16,29H,3-4,11-14,17H2,(H-,30,31,32,33,34,35)/p+1. The maximum Gasteiger partial charge on any atom is 0.265 e. The molecule has 3 N–H and O–H groups in total.